The van der Waals surface area contributed by atoms with Crippen LogP contribution in [0.15, 0.2) is 4.99 Å². The molecule has 0 rings (SSSR count). The van der Waals surface area contributed by atoms with Crippen LogP contribution in [0, 0.1) is 11.3 Å². The van der Waals surface area contributed by atoms with Crippen LogP contribution >= 0.6 is 0 Å². The number of nitrogens with zero attached hydrogens (tertiary/aromatic N) is 1. The van der Waals surface area contributed by atoms with Crippen LogP contribution in [-0.4, -0.2) is 11.4 Å². The van der Waals surface area contributed by atoms with Gasteiger partial charge in [-0.25, -0.2) is 0 Å². The lowest BCUT2D eigenvalue weighted by Crippen LogP contribution is -2.30. The second-order valence-corrected chi connectivity index (χ2v) is 6.24. The smallest absolute Gasteiger partial charge is 0.0969 e. The quantitative estimate of drug-likeness (QED) is 0.549. The van der Waals surface area contributed by atoms with Gasteiger partial charge in [-0.15, -0.1) is 0 Å². The van der Waals surface area contributed by atoms with E-state index in [-0.39, 0.29) is 5.54 Å². The van der Waals surface area contributed by atoms with Crippen molar-refractivity contribution in [3.05, 3.63) is 0 Å². The zero-order chi connectivity index (χ0) is 11.6. The fourth-order valence-corrected chi connectivity index (χ4v) is 1.82. The zero-order valence-electron chi connectivity index (χ0n) is 10.8. The van der Waals surface area contributed by atoms with E-state index in [0.717, 1.165) is 12.3 Å². The van der Waals surface area contributed by atoms with Crippen molar-refractivity contribution in [3.8, 4) is 0 Å². The van der Waals surface area contributed by atoms with Gasteiger partial charge in [0.15, 0.2) is 0 Å². The van der Waals surface area contributed by atoms with E-state index in [2.05, 4.69) is 53.5 Å². The second-order valence-electron chi connectivity index (χ2n) is 6.24. The summed E-state index contributed by atoms with van der Waals surface area (Å²) in [5, 5.41) is 0. The lowest BCUT2D eigenvalue weighted by Gasteiger charge is -2.29. The monoisotopic (exact) mass is 198 g/mol. The summed E-state index contributed by atoms with van der Waals surface area (Å²) >= 11 is 0. The van der Waals surface area contributed by atoms with Gasteiger partial charge in [0.2, 0.25) is 0 Å². The third kappa shape index (κ3) is 6.01. The molecule has 2 N–H and O–H groups in total. The van der Waals surface area contributed by atoms with Crippen LogP contribution in [-0.2, 0) is 0 Å². The van der Waals surface area contributed by atoms with Crippen molar-refractivity contribution in [1.29, 1.82) is 0 Å². The maximum absolute atomic E-state index is 5.87. The highest BCUT2D eigenvalue weighted by Crippen LogP contribution is 2.29. The first-order valence-corrected chi connectivity index (χ1v) is 5.39. The summed E-state index contributed by atoms with van der Waals surface area (Å²) in [4.78, 5) is 4.59. The van der Waals surface area contributed by atoms with Gasteiger partial charge < -0.3 is 5.73 Å². The van der Waals surface area contributed by atoms with Crippen LogP contribution in [0.4, 0.5) is 0 Å². The minimum Gasteiger partial charge on any atom is -0.387 e. The minimum atomic E-state index is -0.0490. The van der Waals surface area contributed by atoms with E-state index >= 15 is 0 Å². The fraction of sp³-hybridized carbons (Fsp3) is 0.917. The first kappa shape index (κ1) is 13.5. The molecular formula is C12H26N2. The Morgan fingerprint density at radius 1 is 1.14 bits per heavy atom. The van der Waals surface area contributed by atoms with Crippen LogP contribution in [0.1, 0.15) is 54.9 Å². The molecule has 0 saturated carbocycles. The fourth-order valence-electron chi connectivity index (χ4n) is 1.82. The topological polar surface area (TPSA) is 38.4 Å². The summed E-state index contributed by atoms with van der Waals surface area (Å²) in [5.74, 6) is 1.11. The number of nitrogens with two attached hydrogens (primary N) is 1. The van der Waals surface area contributed by atoms with Gasteiger partial charge in [-0.05, 0) is 25.7 Å². The summed E-state index contributed by atoms with van der Waals surface area (Å²) in [6, 6.07) is 0. The molecule has 0 aromatic heterocycles. The zero-order valence-corrected chi connectivity index (χ0v) is 10.8. The van der Waals surface area contributed by atoms with Crippen LogP contribution in [0.5, 0.6) is 0 Å². The molecule has 0 fully saturated rings. The maximum atomic E-state index is 5.87. The molecule has 0 atom stereocenters. The molecule has 0 aliphatic carbocycles. The largest absolute Gasteiger partial charge is 0.387 e. The molecule has 2 nitrogen and oxygen atoms in total. The SMILES string of the molecule is CC(C)C(N)=NC(C)(C)CC(C)(C)C. The van der Waals surface area contributed by atoms with Crippen molar-refractivity contribution in [1.82, 2.24) is 0 Å². The third-order valence-corrected chi connectivity index (χ3v) is 1.99. The normalized spacial score (nSPS) is 15.0. The van der Waals surface area contributed by atoms with E-state index in [0.29, 0.717) is 11.3 Å². The van der Waals surface area contributed by atoms with E-state index in [1.165, 1.54) is 0 Å². The Morgan fingerprint density at radius 2 is 1.57 bits per heavy atom. The van der Waals surface area contributed by atoms with Crippen molar-refractivity contribution >= 4 is 5.84 Å². The second kappa shape index (κ2) is 4.33. The van der Waals surface area contributed by atoms with Crippen molar-refractivity contribution in [2.45, 2.75) is 60.4 Å². The molecule has 0 heterocycles. The lowest BCUT2D eigenvalue weighted by atomic mass is 9.82. The highest BCUT2D eigenvalue weighted by atomic mass is 14.9. The number of hydrogen-bond donors (Lipinski definition) is 1. The van der Waals surface area contributed by atoms with Gasteiger partial charge in [0.1, 0.15) is 0 Å². The molecule has 0 aliphatic rings. The standard InChI is InChI=1S/C12H26N2/c1-9(2)10(13)14-12(6,7)8-11(3,4)5/h9H,8H2,1-7H3,(H2,13,14). The van der Waals surface area contributed by atoms with Gasteiger partial charge in [-0.1, -0.05) is 34.6 Å². The summed E-state index contributed by atoms with van der Waals surface area (Å²) in [5.41, 5.74) is 6.12. The van der Waals surface area contributed by atoms with Crippen LogP contribution in [0.2, 0.25) is 0 Å². The molecule has 0 unspecified atom stereocenters. The Bertz CT molecular complexity index is 207. The molecule has 2 heteroatoms. The average Bonchev–Trinajstić information content (AvgIpc) is 1.78. The molecule has 0 radical (unpaired) electrons. The first-order chi connectivity index (χ1) is 6.03. The Hall–Kier alpha value is -0.530. The van der Waals surface area contributed by atoms with E-state index in [1.54, 1.807) is 0 Å². The van der Waals surface area contributed by atoms with Gasteiger partial charge in [0.25, 0.3) is 0 Å². The molecule has 0 aromatic carbocycles. The van der Waals surface area contributed by atoms with Crippen LogP contribution in [0.3, 0.4) is 0 Å². The van der Waals surface area contributed by atoms with Gasteiger partial charge >= 0.3 is 0 Å². The summed E-state index contributed by atoms with van der Waals surface area (Å²) in [7, 11) is 0. The van der Waals surface area contributed by atoms with Gasteiger partial charge in [-0.2, -0.15) is 0 Å². The highest BCUT2D eigenvalue weighted by Gasteiger charge is 2.25. The molecule has 0 aromatic rings. The Morgan fingerprint density at radius 3 is 1.86 bits per heavy atom. The molecule has 14 heavy (non-hydrogen) atoms. The number of rotatable bonds is 3. The van der Waals surface area contributed by atoms with E-state index in [9.17, 15) is 0 Å². The molecular weight excluding hydrogens is 172 g/mol. The average molecular weight is 198 g/mol. The van der Waals surface area contributed by atoms with Crippen LogP contribution < -0.4 is 5.73 Å². The molecule has 0 aliphatic heterocycles. The molecule has 0 bridgehead atoms. The number of amidine groups is 1. The summed E-state index contributed by atoms with van der Waals surface area (Å²) in [6.45, 7) is 15.1. The third-order valence-electron chi connectivity index (χ3n) is 1.99. The number of aliphatic imine (C=N–C) groups is 1. The Balaban J connectivity index is 4.56. The molecule has 0 amide bonds. The summed E-state index contributed by atoms with van der Waals surface area (Å²) < 4.78 is 0. The van der Waals surface area contributed by atoms with Gasteiger partial charge in [0.05, 0.1) is 11.4 Å². The van der Waals surface area contributed by atoms with Crippen molar-refractivity contribution in [2.75, 3.05) is 0 Å². The first-order valence-electron chi connectivity index (χ1n) is 5.39. The number of hydrogen-bond acceptors (Lipinski definition) is 1. The van der Waals surface area contributed by atoms with E-state index < -0.39 is 0 Å². The highest BCUT2D eigenvalue weighted by molar-refractivity contribution is 5.82. The van der Waals surface area contributed by atoms with Crippen molar-refractivity contribution < 1.29 is 0 Å². The Kier molecular flexibility index (Phi) is 4.16. The van der Waals surface area contributed by atoms with Crippen LogP contribution in [0.25, 0.3) is 0 Å². The van der Waals surface area contributed by atoms with Gasteiger partial charge in [0, 0.05) is 5.92 Å². The molecule has 84 valence electrons. The Labute approximate surface area is 89.0 Å². The lowest BCUT2D eigenvalue weighted by molar-refractivity contribution is 0.287. The van der Waals surface area contributed by atoms with Crippen molar-refractivity contribution in [2.24, 2.45) is 22.1 Å². The minimum absolute atomic E-state index is 0.0490. The predicted molar refractivity (Wildman–Crippen MR) is 64.6 cm³/mol. The van der Waals surface area contributed by atoms with Gasteiger partial charge in [-0.3, -0.25) is 4.99 Å². The molecule has 0 spiro atoms. The van der Waals surface area contributed by atoms with E-state index in [1.807, 2.05) is 0 Å². The van der Waals surface area contributed by atoms with E-state index in [4.69, 9.17) is 5.73 Å². The molecule has 0 saturated heterocycles. The summed E-state index contributed by atoms with van der Waals surface area (Å²) in [6.07, 6.45) is 1.05. The maximum Gasteiger partial charge on any atom is 0.0969 e. The van der Waals surface area contributed by atoms with Crippen molar-refractivity contribution in [3.63, 3.8) is 0 Å². The predicted octanol–water partition coefficient (Wildman–Crippen LogP) is 3.21.